The molecule has 21 heavy (non-hydrogen) atoms. The van der Waals surface area contributed by atoms with Crippen LogP contribution in [0.1, 0.15) is 28.4 Å². The van der Waals surface area contributed by atoms with Crippen LogP contribution in [0.5, 0.6) is 0 Å². The summed E-state index contributed by atoms with van der Waals surface area (Å²) in [6.45, 7) is 5.16. The molecule has 1 amide bonds. The Morgan fingerprint density at radius 3 is 2.67 bits per heavy atom. The third kappa shape index (κ3) is 4.08. The molecule has 2 rings (SSSR count). The first kappa shape index (κ1) is 16.1. The van der Waals surface area contributed by atoms with Gasteiger partial charge in [-0.3, -0.25) is 4.79 Å². The van der Waals surface area contributed by atoms with Crippen LogP contribution >= 0.6 is 27.5 Å². The number of hydrogen-bond acceptors (Lipinski definition) is 1. The van der Waals surface area contributed by atoms with Gasteiger partial charge in [0.1, 0.15) is 0 Å². The largest absolute Gasteiger partial charge is 0.335 e. The SMILES string of the molecule is CCN(Cc1cccc(Cl)c1)C(=O)c1cc(C)ccc1Br. The van der Waals surface area contributed by atoms with Gasteiger partial charge in [-0.1, -0.05) is 35.4 Å². The van der Waals surface area contributed by atoms with Crippen LogP contribution in [0, 0.1) is 6.92 Å². The highest BCUT2D eigenvalue weighted by Crippen LogP contribution is 2.21. The van der Waals surface area contributed by atoms with Crippen molar-refractivity contribution in [3.05, 3.63) is 68.7 Å². The second-order valence-electron chi connectivity index (χ2n) is 4.93. The van der Waals surface area contributed by atoms with Crippen LogP contribution in [0.2, 0.25) is 5.02 Å². The topological polar surface area (TPSA) is 20.3 Å². The highest BCUT2D eigenvalue weighted by Gasteiger charge is 2.17. The molecule has 2 nitrogen and oxygen atoms in total. The van der Waals surface area contributed by atoms with Crippen LogP contribution in [-0.2, 0) is 6.54 Å². The molecule has 0 N–H and O–H groups in total. The normalized spacial score (nSPS) is 10.5. The summed E-state index contributed by atoms with van der Waals surface area (Å²) >= 11 is 9.46. The first-order valence-electron chi connectivity index (χ1n) is 6.81. The number of benzene rings is 2. The van der Waals surface area contributed by atoms with Gasteiger partial charge in [-0.2, -0.15) is 0 Å². The Hall–Kier alpha value is -1.32. The van der Waals surface area contributed by atoms with Gasteiger partial charge in [-0.15, -0.1) is 0 Å². The molecule has 0 radical (unpaired) electrons. The van der Waals surface area contributed by atoms with Gasteiger partial charge in [-0.25, -0.2) is 0 Å². The fourth-order valence-electron chi connectivity index (χ4n) is 2.16. The van der Waals surface area contributed by atoms with Crippen LogP contribution in [0.4, 0.5) is 0 Å². The predicted molar refractivity (Wildman–Crippen MR) is 90.7 cm³/mol. The summed E-state index contributed by atoms with van der Waals surface area (Å²) in [5.74, 6) is 0.0213. The van der Waals surface area contributed by atoms with Crippen molar-refractivity contribution >= 4 is 33.4 Å². The zero-order valence-electron chi connectivity index (χ0n) is 12.1. The number of amides is 1. The second-order valence-corrected chi connectivity index (χ2v) is 6.22. The van der Waals surface area contributed by atoms with Gasteiger partial charge >= 0.3 is 0 Å². The van der Waals surface area contributed by atoms with E-state index in [0.29, 0.717) is 23.7 Å². The first-order chi connectivity index (χ1) is 10.0. The smallest absolute Gasteiger partial charge is 0.255 e. The summed E-state index contributed by atoms with van der Waals surface area (Å²) in [5, 5.41) is 0.688. The number of rotatable bonds is 4. The molecule has 2 aromatic rings. The molecule has 0 saturated heterocycles. The Bertz CT molecular complexity index is 657. The molecule has 0 aliphatic carbocycles. The van der Waals surface area contributed by atoms with E-state index < -0.39 is 0 Å². The van der Waals surface area contributed by atoms with Gasteiger partial charge in [-0.05, 0) is 59.6 Å². The lowest BCUT2D eigenvalue weighted by Gasteiger charge is -2.22. The van der Waals surface area contributed by atoms with E-state index in [2.05, 4.69) is 15.9 Å². The Morgan fingerprint density at radius 1 is 1.24 bits per heavy atom. The lowest BCUT2D eigenvalue weighted by Crippen LogP contribution is -2.30. The van der Waals surface area contributed by atoms with Crippen molar-refractivity contribution in [2.45, 2.75) is 20.4 Å². The number of carbonyl (C=O) groups is 1. The van der Waals surface area contributed by atoms with Crippen LogP contribution in [0.15, 0.2) is 46.9 Å². The molecule has 110 valence electrons. The van der Waals surface area contributed by atoms with Crippen molar-refractivity contribution in [3.63, 3.8) is 0 Å². The van der Waals surface area contributed by atoms with E-state index in [1.54, 1.807) is 0 Å². The molecule has 0 saturated carbocycles. The molecular formula is C17H17BrClNO. The van der Waals surface area contributed by atoms with Crippen molar-refractivity contribution in [1.82, 2.24) is 4.90 Å². The third-order valence-electron chi connectivity index (χ3n) is 3.28. The van der Waals surface area contributed by atoms with Gasteiger partial charge < -0.3 is 4.90 Å². The average molecular weight is 367 g/mol. The highest BCUT2D eigenvalue weighted by molar-refractivity contribution is 9.10. The quantitative estimate of drug-likeness (QED) is 0.739. The monoisotopic (exact) mass is 365 g/mol. The molecule has 0 aliphatic rings. The summed E-state index contributed by atoms with van der Waals surface area (Å²) in [5.41, 5.74) is 2.79. The Morgan fingerprint density at radius 2 is 2.00 bits per heavy atom. The molecule has 2 aromatic carbocycles. The number of nitrogens with zero attached hydrogens (tertiary/aromatic N) is 1. The van der Waals surface area contributed by atoms with E-state index in [0.717, 1.165) is 15.6 Å². The number of halogens is 2. The second kappa shape index (κ2) is 7.10. The first-order valence-corrected chi connectivity index (χ1v) is 7.98. The minimum atomic E-state index is 0.0213. The van der Waals surface area contributed by atoms with E-state index in [4.69, 9.17) is 11.6 Å². The minimum absolute atomic E-state index is 0.0213. The fourth-order valence-corrected chi connectivity index (χ4v) is 2.79. The number of hydrogen-bond donors (Lipinski definition) is 0. The molecule has 0 bridgehead atoms. The molecular weight excluding hydrogens is 350 g/mol. The maximum absolute atomic E-state index is 12.7. The maximum Gasteiger partial charge on any atom is 0.255 e. The zero-order valence-corrected chi connectivity index (χ0v) is 14.4. The third-order valence-corrected chi connectivity index (χ3v) is 4.21. The molecule has 4 heteroatoms. The van der Waals surface area contributed by atoms with E-state index in [9.17, 15) is 4.79 Å². The molecule has 0 unspecified atom stereocenters. The van der Waals surface area contributed by atoms with Gasteiger partial charge in [0, 0.05) is 22.6 Å². The van der Waals surface area contributed by atoms with E-state index in [1.807, 2.05) is 61.2 Å². The van der Waals surface area contributed by atoms with Crippen molar-refractivity contribution in [3.8, 4) is 0 Å². The van der Waals surface area contributed by atoms with E-state index >= 15 is 0 Å². The zero-order chi connectivity index (χ0) is 15.4. The Balaban J connectivity index is 2.24. The van der Waals surface area contributed by atoms with Gasteiger partial charge in [0.05, 0.1) is 5.56 Å². The van der Waals surface area contributed by atoms with Gasteiger partial charge in [0.25, 0.3) is 5.91 Å². The van der Waals surface area contributed by atoms with E-state index in [1.165, 1.54) is 0 Å². The lowest BCUT2D eigenvalue weighted by molar-refractivity contribution is 0.0751. The van der Waals surface area contributed by atoms with E-state index in [-0.39, 0.29) is 5.91 Å². The van der Waals surface area contributed by atoms with Crippen LogP contribution in [0.3, 0.4) is 0 Å². The molecule has 0 heterocycles. The summed E-state index contributed by atoms with van der Waals surface area (Å²) in [4.78, 5) is 14.5. The van der Waals surface area contributed by atoms with Crippen LogP contribution in [0.25, 0.3) is 0 Å². The molecule has 0 atom stereocenters. The van der Waals surface area contributed by atoms with Gasteiger partial charge in [0.15, 0.2) is 0 Å². The Kier molecular flexibility index (Phi) is 5.43. The van der Waals surface area contributed by atoms with Crippen molar-refractivity contribution in [1.29, 1.82) is 0 Å². The summed E-state index contributed by atoms with van der Waals surface area (Å²) in [6, 6.07) is 13.4. The van der Waals surface area contributed by atoms with Crippen molar-refractivity contribution in [2.24, 2.45) is 0 Å². The number of aryl methyl sites for hydroxylation is 1. The molecule has 0 fully saturated rings. The summed E-state index contributed by atoms with van der Waals surface area (Å²) < 4.78 is 0.822. The van der Waals surface area contributed by atoms with Crippen LogP contribution in [-0.4, -0.2) is 17.4 Å². The predicted octanol–water partition coefficient (Wildman–Crippen LogP) is 5.07. The van der Waals surface area contributed by atoms with Crippen LogP contribution < -0.4 is 0 Å². The molecule has 0 aromatic heterocycles. The van der Waals surface area contributed by atoms with Crippen molar-refractivity contribution < 1.29 is 4.79 Å². The van der Waals surface area contributed by atoms with Gasteiger partial charge in [0.2, 0.25) is 0 Å². The number of carbonyl (C=O) groups excluding carboxylic acids is 1. The standard InChI is InChI=1S/C17H17BrClNO/c1-3-20(11-13-5-4-6-14(19)10-13)17(21)15-9-12(2)7-8-16(15)18/h4-10H,3,11H2,1-2H3. The summed E-state index contributed by atoms with van der Waals surface area (Å²) in [7, 11) is 0. The fraction of sp³-hybridized carbons (Fsp3) is 0.235. The molecule has 0 spiro atoms. The highest BCUT2D eigenvalue weighted by atomic mass is 79.9. The Labute approximate surface area is 138 Å². The van der Waals surface area contributed by atoms with Crippen molar-refractivity contribution in [2.75, 3.05) is 6.54 Å². The maximum atomic E-state index is 12.7. The minimum Gasteiger partial charge on any atom is -0.335 e. The molecule has 0 aliphatic heterocycles. The average Bonchev–Trinajstić information content (AvgIpc) is 2.46. The summed E-state index contributed by atoms with van der Waals surface area (Å²) in [6.07, 6.45) is 0. The lowest BCUT2D eigenvalue weighted by atomic mass is 10.1.